The number of benzene rings is 2. The molecule has 3 rings (SSSR count). The first-order valence-electron chi connectivity index (χ1n) is 8.31. The number of methoxy groups -OCH3 is 1. The van der Waals surface area contributed by atoms with E-state index in [-0.39, 0.29) is 47.5 Å². The molecule has 10 nitrogen and oxygen atoms in total. The van der Waals surface area contributed by atoms with Crippen LogP contribution < -0.4 is 19.5 Å². The number of nitrogens with one attached hydrogen (secondary N) is 1. The van der Waals surface area contributed by atoms with E-state index in [0.29, 0.717) is 5.56 Å². The molecule has 2 N–H and O–H groups in total. The predicted octanol–water partition coefficient (Wildman–Crippen LogP) is 2.63. The minimum atomic E-state index is -0.859. The number of nitriles is 1. The second-order valence-electron chi connectivity index (χ2n) is 5.83. The molecule has 0 spiro atoms. The number of hydrogen-bond acceptors (Lipinski definition) is 8. The predicted molar refractivity (Wildman–Crippen MR) is 101 cm³/mol. The largest absolute Gasteiger partial charge is 0.504 e. The number of nitrogens with zero attached hydrogens (tertiary/aromatic N) is 2. The van der Waals surface area contributed by atoms with Crippen molar-refractivity contribution in [3.63, 3.8) is 0 Å². The molecule has 0 atom stereocenters. The van der Waals surface area contributed by atoms with Crippen molar-refractivity contribution < 1.29 is 29.0 Å². The number of nitro benzene ring substituents is 1. The molecule has 0 radical (unpaired) electrons. The van der Waals surface area contributed by atoms with Crippen molar-refractivity contribution in [2.45, 2.75) is 0 Å². The van der Waals surface area contributed by atoms with E-state index in [1.807, 2.05) is 0 Å². The van der Waals surface area contributed by atoms with Crippen molar-refractivity contribution in [3.05, 3.63) is 51.6 Å². The normalized spacial score (nSPS) is 12.6. The molecule has 0 saturated heterocycles. The van der Waals surface area contributed by atoms with Gasteiger partial charge in [-0.15, -0.1) is 0 Å². The first kappa shape index (κ1) is 19.5. The summed E-state index contributed by atoms with van der Waals surface area (Å²) in [5, 5.41) is 32.9. The average Bonchev–Trinajstić information content (AvgIpc) is 2.71. The summed E-state index contributed by atoms with van der Waals surface area (Å²) in [5.74, 6) is -0.341. The third-order valence-corrected chi connectivity index (χ3v) is 3.98. The van der Waals surface area contributed by atoms with E-state index < -0.39 is 16.5 Å². The van der Waals surface area contributed by atoms with Crippen LogP contribution in [0.25, 0.3) is 6.08 Å². The van der Waals surface area contributed by atoms with Gasteiger partial charge < -0.3 is 24.6 Å². The molecule has 1 aliphatic heterocycles. The molecule has 0 aliphatic carbocycles. The Morgan fingerprint density at radius 3 is 2.59 bits per heavy atom. The Balaban J connectivity index is 1.91. The van der Waals surface area contributed by atoms with Crippen molar-refractivity contribution >= 4 is 23.4 Å². The minimum absolute atomic E-state index is 0.136. The van der Waals surface area contributed by atoms with Crippen LogP contribution in [0, 0.1) is 21.4 Å². The van der Waals surface area contributed by atoms with Crippen LogP contribution in [0.4, 0.5) is 11.4 Å². The highest BCUT2D eigenvalue weighted by Crippen LogP contribution is 2.39. The molecule has 1 heterocycles. The average molecular weight is 397 g/mol. The molecule has 148 valence electrons. The summed E-state index contributed by atoms with van der Waals surface area (Å²) in [7, 11) is 1.39. The number of nitro groups is 1. The molecule has 0 unspecified atom stereocenters. The Kier molecular flexibility index (Phi) is 5.50. The summed E-state index contributed by atoms with van der Waals surface area (Å²) in [6, 6.07) is 8.50. The highest BCUT2D eigenvalue weighted by molar-refractivity contribution is 6.10. The molecule has 0 saturated carbocycles. The number of rotatable bonds is 5. The summed E-state index contributed by atoms with van der Waals surface area (Å²) in [4.78, 5) is 23.2. The van der Waals surface area contributed by atoms with Crippen LogP contribution in [-0.4, -0.2) is 36.3 Å². The summed E-state index contributed by atoms with van der Waals surface area (Å²) in [5.41, 5.74) is -0.490. The van der Waals surface area contributed by atoms with Crippen LogP contribution in [0.15, 0.2) is 35.9 Å². The van der Waals surface area contributed by atoms with Crippen molar-refractivity contribution in [1.82, 2.24) is 0 Å². The van der Waals surface area contributed by atoms with Crippen molar-refractivity contribution in [1.29, 1.82) is 5.26 Å². The Morgan fingerprint density at radius 2 is 2.00 bits per heavy atom. The van der Waals surface area contributed by atoms with Gasteiger partial charge in [0.2, 0.25) is 0 Å². The molecule has 1 aliphatic rings. The van der Waals surface area contributed by atoms with Gasteiger partial charge in [0.15, 0.2) is 23.0 Å². The second kappa shape index (κ2) is 8.18. The van der Waals surface area contributed by atoms with E-state index in [0.717, 1.165) is 6.07 Å². The van der Waals surface area contributed by atoms with Crippen LogP contribution in [0.2, 0.25) is 0 Å². The molecule has 29 heavy (non-hydrogen) atoms. The lowest BCUT2D eigenvalue weighted by Crippen LogP contribution is -2.18. The van der Waals surface area contributed by atoms with Crippen LogP contribution in [0.5, 0.6) is 23.0 Å². The maximum Gasteiger partial charge on any atom is 0.296 e. The van der Waals surface area contributed by atoms with Crippen LogP contribution in [0.3, 0.4) is 0 Å². The lowest BCUT2D eigenvalue weighted by Gasteiger charge is -2.19. The Morgan fingerprint density at radius 1 is 1.31 bits per heavy atom. The fourth-order valence-electron chi connectivity index (χ4n) is 2.63. The van der Waals surface area contributed by atoms with E-state index in [2.05, 4.69) is 5.32 Å². The molecular weight excluding hydrogens is 382 g/mol. The quantitative estimate of drug-likeness (QED) is 0.339. The summed E-state index contributed by atoms with van der Waals surface area (Å²) in [6.07, 6.45) is 1.23. The van der Waals surface area contributed by atoms with E-state index in [1.54, 1.807) is 6.07 Å². The van der Waals surface area contributed by atoms with Gasteiger partial charge in [-0.3, -0.25) is 14.9 Å². The third kappa shape index (κ3) is 4.19. The number of fused-ring (bicyclic) bond motifs is 1. The van der Waals surface area contributed by atoms with Crippen molar-refractivity contribution in [3.8, 4) is 29.1 Å². The maximum absolute atomic E-state index is 12.5. The van der Waals surface area contributed by atoms with Crippen LogP contribution in [-0.2, 0) is 4.79 Å². The monoisotopic (exact) mass is 397 g/mol. The number of carbonyl (C=O) groups excluding carboxylic acids is 1. The number of carbonyl (C=O) groups is 1. The zero-order valence-electron chi connectivity index (χ0n) is 15.2. The van der Waals surface area contributed by atoms with Crippen LogP contribution >= 0.6 is 0 Å². The molecule has 0 aromatic heterocycles. The molecule has 2 aromatic carbocycles. The zero-order chi connectivity index (χ0) is 21.0. The molecular formula is C19H15N3O7. The number of phenolic OH excluding ortho intramolecular Hbond substituents is 1. The van der Waals surface area contributed by atoms with E-state index in [9.17, 15) is 25.3 Å². The smallest absolute Gasteiger partial charge is 0.296 e. The lowest BCUT2D eigenvalue weighted by atomic mass is 10.1. The number of hydrogen-bond donors (Lipinski definition) is 2. The van der Waals surface area contributed by atoms with E-state index >= 15 is 0 Å². The number of phenols is 1. The summed E-state index contributed by atoms with van der Waals surface area (Å²) >= 11 is 0. The van der Waals surface area contributed by atoms with Gasteiger partial charge in [0.25, 0.3) is 11.6 Å². The maximum atomic E-state index is 12.5. The van der Waals surface area contributed by atoms with Gasteiger partial charge >= 0.3 is 0 Å². The van der Waals surface area contributed by atoms with E-state index in [1.165, 1.54) is 37.5 Å². The second-order valence-corrected chi connectivity index (χ2v) is 5.83. The molecule has 0 fully saturated rings. The summed E-state index contributed by atoms with van der Waals surface area (Å²) in [6.45, 7) is 0.522. The highest BCUT2D eigenvalue weighted by Gasteiger charge is 2.24. The highest BCUT2D eigenvalue weighted by atomic mass is 16.6. The van der Waals surface area contributed by atoms with Crippen LogP contribution in [0.1, 0.15) is 5.56 Å². The Hall–Kier alpha value is -4.26. The fraction of sp³-hybridized carbons (Fsp3) is 0.158. The Labute approximate surface area is 164 Å². The minimum Gasteiger partial charge on any atom is -0.504 e. The Bertz CT molecular complexity index is 1060. The number of anilines is 1. The van der Waals surface area contributed by atoms with Crippen molar-refractivity contribution in [2.24, 2.45) is 0 Å². The number of aromatic hydroxyl groups is 1. The standard InChI is InChI=1S/C19H15N3O7/c1-27-16-3-2-11(7-15(16)23)6-12(10-20)19(24)21-13-8-17-18(29-5-4-28-17)9-14(13)22(25)26/h2-3,6-9,23H,4-5H2,1H3,(H,21,24)/b12-6+. The fourth-order valence-corrected chi connectivity index (χ4v) is 2.63. The molecule has 0 bridgehead atoms. The summed E-state index contributed by atoms with van der Waals surface area (Å²) < 4.78 is 15.6. The number of amides is 1. The molecule has 10 heteroatoms. The third-order valence-electron chi connectivity index (χ3n) is 3.98. The number of ether oxygens (including phenoxy) is 3. The van der Waals surface area contributed by atoms with Crippen molar-refractivity contribution in [2.75, 3.05) is 25.6 Å². The first-order chi connectivity index (χ1) is 13.9. The van der Waals surface area contributed by atoms with Gasteiger partial charge in [0, 0.05) is 6.07 Å². The van der Waals surface area contributed by atoms with Gasteiger partial charge in [-0.2, -0.15) is 5.26 Å². The van der Waals surface area contributed by atoms with Gasteiger partial charge in [0.05, 0.1) is 18.1 Å². The molecule has 1 amide bonds. The lowest BCUT2D eigenvalue weighted by molar-refractivity contribution is -0.384. The topological polar surface area (TPSA) is 144 Å². The molecule has 2 aromatic rings. The van der Waals surface area contributed by atoms with Gasteiger partial charge in [-0.25, -0.2) is 0 Å². The van der Waals surface area contributed by atoms with Gasteiger partial charge in [0.1, 0.15) is 30.5 Å². The van der Waals surface area contributed by atoms with Gasteiger partial charge in [-0.1, -0.05) is 6.07 Å². The zero-order valence-corrected chi connectivity index (χ0v) is 15.2. The first-order valence-corrected chi connectivity index (χ1v) is 8.31. The van der Waals surface area contributed by atoms with E-state index in [4.69, 9.17) is 14.2 Å². The SMILES string of the molecule is COc1ccc(/C=C(\C#N)C(=O)Nc2cc3c(cc2[N+](=O)[O-])OCCO3)cc1O. The van der Waals surface area contributed by atoms with Gasteiger partial charge in [-0.05, 0) is 23.8 Å².